The van der Waals surface area contributed by atoms with Crippen molar-refractivity contribution in [1.82, 2.24) is 19.8 Å². The lowest BCUT2D eigenvalue weighted by molar-refractivity contribution is 0.0982. The van der Waals surface area contributed by atoms with Gasteiger partial charge in [-0.15, -0.1) is 0 Å². The molecule has 6 rings (SSSR count). The van der Waals surface area contributed by atoms with Crippen molar-refractivity contribution in [3.05, 3.63) is 58.7 Å². The van der Waals surface area contributed by atoms with Gasteiger partial charge >= 0.3 is 0 Å². The van der Waals surface area contributed by atoms with Crippen molar-refractivity contribution >= 4 is 68.5 Å². The Morgan fingerprint density at radius 2 is 1.71 bits per heavy atom. The Bertz CT molecular complexity index is 1820. The van der Waals surface area contributed by atoms with Gasteiger partial charge in [-0.25, -0.2) is 4.98 Å². The number of benzene rings is 2. The molecule has 0 radical (unpaired) electrons. The smallest absolute Gasteiger partial charge is 0.229 e. The zero-order chi connectivity index (χ0) is 34.7. The number of aryl methyl sites for hydroxylation is 1. The third-order valence-electron chi connectivity index (χ3n) is 9.53. The highest BCUT2D eigenvalue weighted by Crippen LogP contribution is 2.42. The molecule has 4 heterocycles. The number of hydrogen-bond donors (Lipinski definition) is 2. The number of ether oxygens (including phenoxy) is 2. The number of aromatic nitrogens is 2. The Balaban J connectivity index is 1.21. The van der Waals surface area contributed by atoms with E-state index < -0.39 is 7.14 Å². The first-order chi connectivity index (χ1) is 23.6. The van der Waals surface area contributed by atoms with E-state index in [9.17, 15) is 4.57 Å². The predicted octanol–water partition coefficient (Wildman–Crippen LogP) is 7.50. The Morgan fingerprint density at radius 3 is 2.37 bits per heavy atom. The first-order valence-corrected chi connectivity index (χ1v) is 21.1. The van der Waals surface area contributed by atoms with Crippen LogP contribution in [0.25, 0.3) is 10.4 Å². The number of nitrogens with zero attached hydrogens (tertiary/aromatic N) is 5. The van der Waals surface area contributed by atoms with Crippen LogP contribution in [0.15, 0.2) is 53.1 Å². The normalized spacial score (nSPS) is 16.5. The molecule has 2 aliphatic heterocycles. The second-order valence-electron chi connectivity index (χ2n) is 13.1. The van der Waals surface area contributed by atoms with Crippen molar-refractivity contribution in [2.75, 3.05) is 89.4 Å². The van der Waals surface area contributed by atoms with Crippen LogP contribution in [-0.4, -0.2) is 99.7 Å². The molecule has 13 heteroatoms. The molecule has 262 valence electrons. The zero-order valence-electron chi connectivity index (χ0n) is 29.3. The molecule has 4 aromatic rings. The van der Waals surface area contributed by atoms with Crippen LogP contribution in [0.4, 0.5) is 28.8 Å². The number of likely N-dealkylation sites (N-methyl/N-ethyl adjacent to an activating group) is 1. The van der Waals surface area contributed by atoms with Crippen LogP contribution in [0.3, 0.4) is 0 Å². The maximum absolute atomic E-state index is 13.5. The lowest BCUT2D eigenvalue weighted by Gasteiger charge is -2.43. The van der Waals surface area contributed by atoms with E-state index in [0.717, 1.165) is 70.5 Å². The number of rotatable bonds is 11. The summed E-state index contributed by atoms with van der Waals surface area (Å²) in [5.41, 5.74) is 5.03. The summed E-state index contributed by atoms with van der Waals surface area (Å²) in [6.07, 6.45) is 4.96. The van der Waals surface area contributed by atoms with Crippen molar-refractivity contribution in [3.63, 3.8) is 0 Å². The SMILES string of the molecule is CCc1cc(Nc2ncc(Br)c(Nc3ccc(-c4ccc(OC)s4)cc3P(C)(C)=O)n2)c(OC)cc1N1CCC(N2CCN(C)CC2)CC1. The Labute approximate surface area is 302 Å². The first-order valence-electron chi connectivity index (χ1n) is 16.8. The van der Waals surface area contributed by atoms with Crippen molar-refractivity contribution in [1.29, 1.82) is 0 Å². The number of thiophene rings is 1. The molecular formula is C36H47BrN7O3PS. The Kier molecular flexibility index (Phi) is 11.2. The summed E-state index contributed by atoms with van der Waals surface area (Å²) in [5.74, 6) is 1.73. The highest BCUT2D eigenvalue weighted by Gasteiger charge is 2.28. The summed E-state index contributed by atoms with van der Waals surface area (Å²) in [6, 6.07) is 14.9. The molecule has 0 atom stereocenters. The fraction of sp³-hybridized carbons (Fsp3) is 0.444. The van der Waals surface area contributed by atoms with E-state index in [-0.39, 0.29) is 0 Å². The van der Waals surface area contributed by atoms with Crippen LogP contribution < -0.4 is 30.3 Å². The minimum Gasteiger partial charge on any atom is -0.494 e. The van der Waals surface area contributed by atoms with Gasteiger partial charge in [0.05, 0.1) is 30.1 Å². The monoisotopic (exact) mass is 767 g/mol. The average molecular weight is 769 g/mol. The van der Waals surface area contributed by atoms with Gasteiger partial charge in [0, 0.05) is 73.4 Å². The maximum atomic E-state index is 13.5. The molecule has 0 unspecified atom stereocenters. The van der Waals surface area contributed by atoms with Gasteiger partial charge in [0.1, 0.15) is 18.7 Å². The van der Waals surface area contributed by atoms with Gasteiger partial charge in [-0.3, -0.25) is 4.90 Å². The first kappa shape index (κ1) is 35.7. The van der Waals surface area contributed by atoms with Crippen LogP contribution in [0.2, 0.25) is 0 Å². The summed E-state index contributed by atoms with van der Waals surface area (Å²) in [6.45, 7) is 12.5. The molecule has 2 aromatic heterocycles. The summed E-state index contributed by atoms with van der Waals surface area (Å²) < 4.78 is 25.5. The van der Waals surface area contributed by atoms with Crippen molar-refractivity contribution < 1.29 is 14.0 Å². The highest BCUT2D eigenvalue weighted by molar-refractivity contribution is 9.10. The van der Waals surface area contributed by atoms with Crippen molar-refractivity contribution in [2.24, 2.45) is 0 Å². The van der Waals surface area contributed by atoms with Gasteiger partial charge in [0.15, 0.2) is 5.06 Å². The molecule has 0 amide bonds. The third kappa shape index (κ3) is 8.26. The second-order valence-corrected chi connectivity index (χ2v) is 18.2. The van der Waals surface area contributed by atoms with Gasteiger partial charge in [0.2, 0.25) is 5.95 Å². The number of piperidine rings is 1. The third-order valence-corrected chi connectivity index (χ3v) is 12.7. The second kappa shape index (κ2) is 15.4. The van der Waals surface area contributed by atoms with Gasteiger partial charge in [-0.05, 0) is 97.0 Å². The van der Waals surface area contributed by atoms with Gasteiger partial charge in [0.25, 0.3) is 0 Å². The molecule has 2 aromatic carbocycles. The molecule has 49 heavy (non-hydrogen) atoms. The fourth-order valence-electron chi connectivity index (χ4n) is 6.70. The summed E-state index contributed by atoms with van der Waals surface area (Å²) in [5, 5.41) is 8.42. The van der Waals surface area contributed by atoms with E-state index in [0.29, 0.717) is 22.3 Å². The summed E-state index contributed by atoms with van der Waals surface area (Å²) in [7, 11) is 2.92. The van der Waals surface area contributed by atoms with E-state index in [1.807, 2.05) is 30.3 Å². The molecule has 2 N–H and O–H groups in total. The molecule has 0 aliphatic carbocycles. The Hall–Kier alpha value is -3.15. The zero-order valence-corrected chi connectivity index (χ0v) is 32.6. The van der Waals surface area contributed by atoms with Crippen LogP contribution in [0.1, 0.15) is 25.3 Å². The quantitative estimate of drug-likeness (QED) is 0.150. The Morgan fingerprint density at radius 1 is 0.959 bits per heavy atom. The lowest BCUT2D eigenvalue weighted by Crippen LogP contribution is -2.52. The fourth-order valence-corrected chi connectivity index (χ4v) is 8.97. The molecule has 2 fully saturated rings. The number of nitrogens with one attached hydrogen (secondary N) is 2. The molecule has 2 aliphatic rings. The van der Waals surface area contributed by atoms with Crippen LogP contribution in [0, 0.1) is 0 Å². The minimum absolute atomic E-state index is 0.423. The predicted molar refractivity (Wildman–Crippen MR) is 208 cm³/mol. The topological polar surface area (TPSA) is 95.1 Å². The van der Waals surface area contributed by atoms with Crippen LogP contribution in [-0.2, 0) is 11.0 Å². The van der Waals surface area contributed by atoms with Crippen LogP contribution >= 0.6 is 34.4 Å². The van der Waals surface area contributed by atoms with E-state index >= 15 is 0 Å². The number of anilines is 5. The van der Waals surface area contributed by atoms with E-state index in [1.54, 1.807) is 45.1 Å². The molecule has 0 saturated carbocycles. The van der Waals surface area contributed by atoms with E-state index in [4.69, 9.17) is 14.5 Å². The molecule has 0 bridgehead atoms. The van der Waals surface area contributed by atoms with E-state index in [1.165, 1.54) is 37.2 Å². The number of piperazine rings is 1. The summed E-state index contributed by atoms with van der Waals surface area (Å²) >= 11 is 5.17. The molecule has 0 spiro atoms. The standard InChI is InChI=1S/C36H47BrN7O3PS/c1-7-24-20-29(31(46-3)22-30(24)44-14-12-26(13-15-44)43-18-16-42(2)17-19-43)40-36-38-23-27(37)35(41-36)39-28-9-8-25(21-32(28)48(5,6)45)33-10-11-34(47-4)49-33/h8-11,20-23,26H,7,12-19H2,1-6H3,(H2,38,39,40,41). The van der Waals surface area contributed by atoms with Gasteiger partial charge in [-0.2, -0.15) is 4.98 Å². The van der Waals surface area contributed by atoms with E-state index in [2.05, 4.69) is 72.4 Å². The molecular weight excluding hydrogens is 721 g/mol. The number of halogens is 1. The largest absolute Gasteiger partial charge is 0.494 e. The van der Waals surface area contributed by atoms with Gasteiger partial charge < -0.3 is 34.5 Å². The summed E-state index contributed by atoms with van der Waals surface area (Å²) in [4.78, 5) is 18.1. The highest BCUT2D eigenvalue weighted by atomic mass is 79.9. The number of methoxy groups -OCH3 is 2. The molecule has 2 saturated heterocycles. The minimum atomic E-state index is -2.66. The molecule has 10 nitrogen and oxygen atoms in total. The van der Waals surface area contributed by atoms with Crippen molar-refractivity contribution in [2.45, 2.75) is 32.2 Å². The lowest BCUT2D eigenvalue weighted by atomic mass is 9.99. The maximum Gasteiger partial charge on any atom is 0.229 e. The van der Waals surface area contributed by atoms with Crippen LogP contribution in [0.5, 0.6) is 10.8 Å². The van der Waals surface area contributed by atoms with Gasteiger partial charge in [-0.1, -0.05) is 24.3 Å². The van der Waals surface area contributed by atoms with Crippen molar-refractivity contribution in [3.8, 4) is 21.3 Å². The average Bonchev–Trinajstić information content (AvgIpc) is 3.59. The number of hydrogen-bond acceptors (Lipinski definition) is 11.